The molecule has 2 heterocycles. The van der Waals surface area contributed by atoms with Crippen molar-refractivity contribution in [2.75, 3.05) is 27.2 Å². The highest BCUT2D eigenvalue weighted by Gasteiger charge is 2.33. The molecule has 1 aliphatic heterocycles. The molecular formula is C20H26FN5. The first-order chi connectivity index (χ1) is 12.5. The topological polar surface area (TPSA) is 48.1 Å². The number of likely N-dealkylation sites (tertiary alicyclic amines) is 1. The van der Waals surface area contributed by atoms with Crippen LogP contribution in [-0.4, -0.2) is 46.5 Å². The molecule has 0 saturated carbocycles. The van der Waals surface area contributed by atoms with Gasteiger partial charge < -0.3 is 9.47 Å². The van der Waals surface area contributed by atoms with E-state index in [2.05, 4.69) is 26.4 Å². The lowest BCUT2D eigenvalue weighted by atomic mass is 9.87. The molecule has 6 heteroatoms. The molecule has 1 fully saturated rings. The van der Waals surface area contributed by atoms with Gasteiger partial charge in [-0.05, 0) is 51.5 Å². The van der Waals surface area contributed by atoms with Crippen LogP contribution in [0.25, 0.3) is 0 Å². The van der Waals surface area contributed by atoms with Gasteiger partial charge in [-0.2, -0.15) is 5.26 Å². The number of aromatic nitrogens is 2. The van der Waals surface area contributed by atoms with Crippen LogP contribution in [0.15, 0.2) is 30.7 Å². The van der Waals surface area contributed by atoms with Crippen LogP contribution >= 0.6 is 0 Å². The first-order valence-electron chi connectivity index (χ1n) is 9.03. The van der Waals surface area contributed by atoms with Crippen LogP contribution in [0.3, 0.4) is 0 Å². The average molecular weight is 355 g/mol. The summed E-state index contributed by atoms with van der Waals surface area (Å²) in [5, 5.41) is 8.88. The van der Waals surface area contributed by atoms with Crippen molar-refractivity contribution in [3.8, 4) is 6.07 Å². The van der Waals surface area contributed by atoms with Crippen LogP contribution in [0.5, 0.6) is 0 Å². The summed E-state index contributed by atoms with van der Waals surface area (Å²) < 4.78 is 16.3. The fraction of sp³-hybridized carbons (Fsp3) is 0.500. The van der Waals surface area contributed by atoms with Crippen LogP contribution in [0, 0.1) is 23.1 Å². The highest BCUT2D eigenvalue weighted by molar-refractivity contribution is 5.32. The van der Waals surface area contributed by atoms with Crippen molar-refractivity contribution in [2.24, 2.45) is 13.0 Å². The number of hydrogen-bond donors (Lipinski definition) is 0. The van der Waals surface area contributed by atoms with Gasteiger partial charge >= 0.3 is 0 Å². The molecule has 3 rings (SSSR count). The van der Waals surface area contributed by atoms with Crippen molar-refractivity contribution in [2.45, 2.75) is 25.4 Å². The van der Waals surface area contributed by atoms with Gasteiger partial charge in [-0.15, -0.1) is 0 Å². The summed E-state index contributed by atoms with van der Waals surface area (Å²) in [5.74, 6) is 0.162. The molecule has 1 aromatic heterocycles. The third kappa shape index (κ3) is 3.95. The maximum atomic E-state index is 14.2. The molecular weight excluding hydrogens is 329 g/mol. The predicted molar refractivity (Wildman–Crippen MR) is 98.8 cm³/mol. The zero-order valence-corrected chi connectivity index (χ0v) is 15.7. The SMILES string of the molecule is CN(Cc1ccc(C#N)cc1F)C[C@@H]1CCCN(C)[C@H]1c1cncn1C. The fourth-order valence-electron chi connectivity index (χ4n) is 4.07. The van der Waals surface area contributed by atoms with Crippen LogP contribution in [0.4, 0.5) is 4.39 Å². The van der Waals surface area contributed by atoms with Gasteiger partial charge in [0.05, 0.1) is 29.7 Å². The Labute approximate surface area is 154 Å². The van der Waals surface area contributed by atoms with Gasteiger partial charge in [0.2, 0.25) is 0 Å². The predicted octanol–water partition coefficient (Wildman–Crippen LogP) is 2.95. The minimum Gasteiger partial charge on any atom is -0.336 e. The minimum atomic E-state index is -0.306. The number of rotatable bonds is 5. The molecule has 0 amide bonds. The second-order valence-corrected chi connectivity index (χ2v) is 7.37. The van der Waals surface area contributed by atoms with Gasteiger partial charge in [0, 0.05) is 31.9 Å². The second kappa shape index (κ2) is 7.98. The lowest BCUT2D eigenvalue weighted by Gasteiger charge is -2.40. The number of nitriles is 1. The zero-order valence-electron chi connectivity index (χ0n) is 15.7. The van der Waals surface area contributed by atoms with E-state index in [0.29, 0.717) is 29.6 Å². The van der Waals surface area contributed by atoms with Crippen LogP contribution in [-0.2, 0) is 13.6 Å². The molecule has 1 aromatic carbocycles. The number of benzene rings is 1. The van der Waals surface area contributed by atoms with Crippen molar-refractivity contribution in [3.63, 3.8) is 0 Å². The summed E-state index contributed by atoms with van der Waals surface area (Å²) >= 11 is 0. The molecule has 2 aromatic rings. The Balaban J connectivity index is 1.72. The highest BCUT2D eigenvalue weighted by Crippen LogP contribution is 2.35. The maximum absolute atomic E-state index is 14.2. The molecule has 0 aliphatic carbocycles. The third-order valence-corrected chi connectivity index (χ3v) is 5.33. The molecule has 1 saturated heterocycles. The maximum Gasteiger partial charge on any atom is 0.129 e. The number of hydrogen-bond acceptors (Lipinski definition) is 4. The molecule has 0 unspecified atom stereocenters. The average Bonchev–Trinajstić information content (AvgIpc) is 3.02. The van der Waals surface area contributed by atoms with E-state index in [4.69, 9.17) is 5.26 Å². The van der Waals surface area contributed by atoms with E-state index in [1.807, 2.05) is 32.7 Å². The van der Waals surface area contributed by atoms with Crippen molar-refractivity contribution in [1.82, 2.24) is 19.4 Å². The summed E-state index contributed by atoms with van der Waals surface area (Å²) in [6.07, 6.45) is 6.14. The zero-order chi connectivity index (χ0) is 18.7. The van der Waals surface area contributed by atoms with Crippen molar-refractivity contribution in [1.29, 1.82) is 5.26 Å². The van der Waals surface area contributed by atoms with Crippen LogP contribution < -0.4 is 0 Å². The van der Waals surface area contributed by atoms with Gasteiger partial charge in [-0.3, -0.25) is 4.90 Å². The van der Waals surface area contributed by atoms with E-state index in [0.717, 1.165) is 19.5 Å². The van der Waals surface area contributed by atoms with Crippen molar-refractivity contribution < 1.29 is 4.39 Å². The van der Waals surface area contributed by atoms with Crippen LogP contribution in [0.1, 0.15) is 35.7 Å². The monoisotopic (exact) mass is 355 g/mol. The number of nitrogens with zero attached hydrogens (tertiary/aromatic N) is 5. The number of piperidine rings is 1. The summed E-state index contributed by atoms with van der Waals surface area (Å²) in [6, 6.07) is 7.02. The number of halogens is 1. The second-order valence-electron chi connectivity index (χ2n) is 7.37. The largest absolute Gasteiger partial charge is 0.336 e. The normalized spacial score (nSPS) is 21.1. The third-order valence-electron chi connectivity index (χ3n) is 5.33. The standard InChI is InChI=1S/C20H26FN5/c1-24(12-16-7-6-15(10-22)9-18(16)21)13-17-5-4-8-25(2)20(17)19-11-23-14-26(19)3/h6-7,9,11,14,17,20H,4-5,8,12-13H2,1-3H3/t17-,20+/m0/s1. The van der Waals surface area contributed by atoms with E-state index < -0.39 is 0 Å². The quantitative estimate of drug-likeness (QED) is 0.827. The molecule has 0 radical (unpaired) electrons. The molecule has 0 spiro atoms. The van der Waals surface area contributed by atoms with E-state index in [-0.39, 0.29) is 5.82 Å². The van der Waals surface area contributed by atoms with Gasteiger partial charge in [-0.25, -0.2) is 9.37 Å². The van der Waals surface area contributed by atoms with E-state index in [1.165, 1.54) is 18.2 Å². The summed E-state index contributed by atoms with van der Waals surface area (Å²) in [7, 11) is 6.24. The Morgan fingerprint density at radius 3 is 2.85 bits per heavy atom. The Bertz CT molecular complexity index is 794. The number of imidazole rings is 1. The van der Waals surface area contributed by atoms with Gasteiger partial charge in [0.1, 0.15) is 5.82 Å². The Kier molecular flexibility index (Phi) is 5.70. The fourth-order valence-corrected chi connectivity index (χ4v) is 4.07. The summed E-state index contributed by atoms with van der Waals surface area (Å²) in [5.41, 5.74) is 2.22. The molecule has 5 nitrogen and oxygen atoms in total. The lowest BCUT2D eigenvalue weighted by Crippen LogP contribution is -2.41. The minimum absolute atomic E-state index is 0.306. The molecule has 0 N–H and O–H groups in total. The lowest BCUT2D eigenvalue weighted by molar-refractivity contribution is 0.0877. The van der Waals surface area contributed by atoms with E-state index in [9.17, 15) is 4.39 Å². The highest BCUT2D eigenvalue weighted by atomic mass is 19.1. The Morgan fingerprint density at radius 2 is 2.19 bits per heavy atom. The summed E-state index contributed by atoms with van der Waals surface area (Å²) in [6.45, 7) is 2.51. The molecule has 138 valence electrons. The van der Waals surface area contributed by atoms with E-state index >= 15 is 0 Å². The smallest absolute Gasteiger partial charge is 0.129 e. The summed E-state index contributed by atoms with van der Waals surface area (Å²) in [4.78, 5) is 8.87. The first-order valence-corrected chi connectivity index (χ1v) is 9.03. The van der Waals surface area contributed by atoms with Gasteiger partial charge in [0.25, 0.3) is 0 Å². The van der Waals surface area contributed by atoms with Gasteiger partial charge in [0.15, 0.2) is 0 Å². The Morgan fingerprint density at radius 1 is 1.38 bits per heavy atom. The van der Waals surface area contributed by atoms with Gasteiger partial charge in [-0.1, -0.05) is 6.07 Å². The molecule has 26 heavy (non-hydrogen) atoms. The first kappa shape index (κ1) is 18.6. The van der Waals surface area contributed by atoms with Crippen LogP contribution in [0.2, 0.25) is 0 Å². The van der Waals surface area contributed by atoms with Crippen molar-refractivity contribution in [3.05, 3.63) is 53.4 Å². The molecule has 1 aliphatic rings. The van der Waals surface area contributed by atoms with Crippen molar-refractivity contribution >= 4 is 0 Å². The molecule has 2 atom stereocenters. The molecule has 0 bridgehead atoms. The Hall–Kier alpha value is -2.23. The number of aryl methyl sites for hydroxylation is 1. The van der Waals surface area contributed by atoms with E-state index in [1.54, 1.807) is 12.1 Å².